The van der Waals surface area contributed by atoms with Crippen molar-refractivity contribution in [2.75, 3.05) is 5.32 Å². The highest BCUT2D eigenvalue weighted by molar-refractivity contribution is 7.10. The zero-order valence-corrected chi connectivity index (χ0v) is 10.4. The summed E-state index contributed by atoms with van der Waals surface area (Å²) in [6.07, 6.45) is 0. The number of thiophene rings is 1. The summed E-state index contributed by atoms with van der Waals surface area (Å²) >= 11 is 1.56. The summed E-state index contributed by atoms with van der Waals surface area (Å²) in [5.74, 6) is -2.12. The van der Waals surface area contributed by atoms with E-state index in [9.17, 15) is 8.78 Å². The third-order valence-corrected chi connectivity index (χ3v) is 3.63. The van der Waals surface area contributed by atoms with Crippen molar-refractivity contribution in [3.63, 3.8) is 0 Å². The average molecular weight is 264 g/mol. The SMILES string of the molecule is Cc1ccsc1CNc1ccc(C#N)c(F)c1F. The van der Waals surface area contributed by atoms with Gasteiger partial charge in [0.05, 0.1) is 11.3 Å². The first-order valence-corrected chi connectivity index (χ1v) is 6.16. The molecule has 0 radical (unpaired) electrons. The molecule has 2 aromatic rings. The van der Waals surface area contributed by atoms with Gasteiger partial charge in [-0.1, -0.05) is 0 Å². The molecular formula is C13H10F2N2S. The van der Waals surface area contributed by atoms with Crippen molar-refractivity contribution in [1.29, 1.82) is 5.26 Å². The molecule has 1 heterocycles. The lowest BCUT2D eigenvalue weighted by Gasteiger charge is -2.08. The first kappa shape index (κ1) is 12.5. The lowest BCUT2D eigenvalue weighted by atomic mass is 10.2. The first-order valence-electron chi connectivity index (χ1n) is 5.28. The van der Waals surface area contributed by atoms with Crippen molar-refractivity contribution in [2.24, 2.45) is 0 Å². The van der Waals surface area contributed by atoms with Crippen molar-refractivity contribution < 1.29 is 8.78 Å². The summed E-state index contributed by atoms with van der Waals surface area (Å²) in [5, 5.41) is 13.4. The van der Waals surface area contributed by atoms with Crippen LogP contribution >= 0.6 is 11.3 Å². The second kappa shape index (κ2) is 5.15. The van der Waals surface area contributed by atoms with Gasteiger partial charge in [-0.2, -0.15) is 5.26 Å². The molecule has 1 aromatic heterocycles. The second-order valence-corrected chi connectivity index (χ2v) is 4.78. The predicted molar refractivity (Wildman–Crippen MR) is 67.5 cm³/mol. The Morgan fingerprint density at radius 3 is 2.67 bits per heavy atom. The lowest BCUT2D eigenvalue weighted by Crippen LogP contribution is -2.03. The van der Waals surface area contributed by atoms with E-state index in [1.54, 1.807) is 17.4 Å². The van der Waals surface area contributed by atoms with Crippen LogP contribution < -0.4 is 5.32 Å². The Balaban J connectivity index is 2.19. The van der Waals surface area contributed by atoms with Crippen molar-refractivity contribution in [3.8, 4) is 6.07 Å². The van der Waals surface area contributed by atoms with E-state index in [1.165, 1.54) is 12.1 Å². The number of benzene rings is 1. The summed E-state index contributed by atoms with van der Waals surface area (Å²) in [5.41, 5.74) is 0.895. The van der Waals surface area contributed by atoms with Crippen LogP contribution in [0.2, 0.25) is 0 Å². The van der Waals surface area contributed by atoms with Gasteiger partial charge >= 0.3 is 0 Å². The maximum absolute atomic E-state index is 13.6. The van der Waals surface area contributed by atoms with Crippen LogP contribution in [0.1, 0.15) is 16.0 Å². The molecule has 0 atom stereocenters. The van der Waals surface area contributed by atoms with Crippen LogP contribution in [0.15, 0.2) is 23.6 Å². The third-order valence-electron chi connectivity index (χ3n) is 2.61. The number of nitrogens with zero attached hydrogens (tertiary/aromatic N) is 1. The Kier molecular flexibility index (Phi) is 3.58. The van der Waals surface area contributed by atoms with E-state index in [-0.39, 0.29) is 11.3 Å². The van der Waals surface area contributed by atoms with Gasteiger partial charge in [0.25, 0.3) is 0 Å². The van der Waals surface area contributed by atoms with Gasteiger partial charge < -0.3 is 5.32 Å². The van der Waals surface area contributed by atoms with Gasteiger partial charge in [0, 0.05) is 11.4 Å². The van der Waals surface area contributed by atoms with E-state index in [0.29, 0.717) is 6.54 Å². The number of aryl methyl sites for hydroxylation is 1. The van der Waals surface area contributed by atoms with Gasteiger partial charge in [0.15, 0.2) is 11.6 Å². The van der Waals surface area contributed by atoms with Crippen LogP contribution in [0, 0.1) is 29.9 Å². The van der Waals surface area contributed by atoms with Gasteiger partial charge in [0.2, 0.25) is 0 Å². The lowest BCUT2D eigenvalue weighted by molar-refractivity contribution is 0.508. The minimum absolute atomic E-state index is 0.0688. The molecule has 92 valence electrons. The molecule has 0 bridgehead atoms. The second-order valence-electron chi connectivity index (χ2n) is 3.78. The Labute approximate surface area is 107 Å². The summed E-state index contributed by atoms with van der Waals surface area (Å²) in [4.78, 5) is 1.07. The first-order chi connectivity index (χ1) is 8.63. The molecule has 0 saturated heterocycles. The highest BCUT2D eigenvalue weighted by Crippen LogP contribution is 2.22. The van der Waals surface area contributed by atoms with E-state index in [2.05, 4.69) is 5.32 Å². The minimum atomic E-state index is -1.11. The molecule has 0 aliphatic heterocycles. The predicted octanol–water partition coefficient (Wildman–Crippen LogP) is 3.82. The van der Waals surface area contributed by atoms with Crippen LogP contribution in [0.3, 0.4) is 0 Å². The number of halogens is 2. The molecule has 0 fully saturated rings. The Morgan fingerprint density at radius 1 is 1.28 bits per heavy atom. The van der Waals surface area contributed by atoms with Crippen LogP contribution in [-0.4, -0.2) is 0 Å². The molecule has 2 nitrogen and oxygen atoms in total. The average Bonchev–Trinajstić information content (AvgIpc) is 2.77. The Hall–Kier alpha value is -1.93. The topological polar surface area (TPSA) is 35.8 Å². The van der Waals surface area contributed by atoms with E-state index < -0.39 is 11.6 Å². The van der Waals surface area contributed by atoms with Gasteiger partial charge in [-0.15, -0.1) is 11.3 Å². The molecule has 0 spiro atoms. The molecular weight excluding hydrogens is 254 g/mol. The maximum Gasteiger partial charge on any atom is 0.183 e. The quantitative estimate of drug-likeness (QED) is 0.914. The summed E-state index contributed by atoms with van der Waals surface area (Å²) in [7, 11) is 0. The molecule has 0 amide bonds. The fourth-order valence-electron chi connectivity index (χ4n) is 1.53. The molecule has 18 heavy (non-hydrogen) atoms. The van der Waals surface area contributed by atoms with Crippen LogP contribution in [-0.2, 0) is 6.54 Å². The van der Waals surface area contributed by atoms with Gasteiger partial charge in [-0.25, -0.2) is 8.78 Å². The van der Waals surface area contributed by atoms with E-state index in [4.69, 9.17) is 5.26 Å². The third kappa shape index (κ3) is 2.34. The van der Waals surface area contributed by atoms with E-state index in [1.807, 2.05) is 18.4 Å². The van der Waals surface area contributed by atoms with Gasteiger partial charge in [-0.05, 0) is 36.1 Å². The molecule has 2 rings (SSSR count). The summed E-state index contributed by atoms with van der Waals surface area (Å²) in [6, 6.07) is 6.21. The van der Waals surface area contributed by atoms with Gasteiger partial charge in [0.1, 0.15) is 6.07 Å². The zero-order chi connectivity index (χ0) is 13.1. The molecule has 0 saturated carbocycles. The fourth-order valence-corrected chi connectivity index (χ4v) is 2.38. The van der Waals surface area contributed by atoms with Gasteiger partial charge in [-0.3, -0.25) is 0 Å². The highest BCUT2D eigenvalue weighted by Gasteiger charge is 2.13. The number of nitriles is 1. The smallest absolute Gasteiger partial charge is 0.183 e. The van der Waals surface area contributed by atoms with Crippen molar-refractivity contribution in [1.82, 2.24) is 0 Å². The van der Waals surface area contributed by atoms with Crippen molar-refractivity contribution in [2.45, 2.75) is 13.5 Å². The normalized spacial score (nSPS) is 10.1. The molecule has 0 aliphatic carbocycles. The summed E-state index contributed by atoms with van der Waals surface area (Å²) in [6.45, 7) is 2.40. The molecule has 1 N–H and O–H groups in total. The monoisotopic (exact) mass is 264 g/mol. The Morgan fingerprint density at radius 2 is 2.06 bits per heavy atom. The summed E-state index contributed by atoms with van der Waals surface area (Å²) < 4.78 is 27.0. The molecule has 0 unspecified atom stereocenters. The zero-order valence-electron chi connectivity index (χ0n) is 9.63. The molecule has 0 aliphatic rings. The van der Waals surface area contributed by atoms with E-state index >= 15 is 0 Å². The van der Waals surface area contributed by atoms with Crippen LogP contribution in [0.4, 0.5) is 14.5 Å². The number of anilines is 1. The molecule has 5 heteroatoms. The van der Waals surface area contributed by atoms with Crippen LogP contribution in [0.5, 0.6) is 0 Å². The van der Waals surface area contributed by atoms with E-state index in [0.717, 1.165) is 10.4 Å². The maximum atomic E-state index is 13.6. The highest BCUT2D eigenvalue weighted by atomic mass is 32.1. The number of nitrogens with one attached hydrogen (secondary N) is 1. The fraction of sp³-hybridized carbons (Fsp3) is 0.154. The number of rotatable bonds is 3. The standard InChI is InChI=1S/C13H10F2N2S/c1-8-4-5-18-11(8)7-17-10-3-2-9(6-16)12(14)13(10)15/h2-5,17H,7H2,1H3. The van der Waals surface area contributed by atoms with Crippen LogP contribution in [0.25, 0.3) is 0 Å². The number of hydrogen-bond donors (Lipinski definition) is 1. The Bertz CT molecular complexity index is 614. The minimum Gasteiger partial charge on any atom is -0.378 e. The number of hydrogen-bond acceptors (Lipinski definition) is 3. The van der Waals surface area contributed by atoms with Crippen molar-refractivity contribution in [3.05, 3.63) is 51.2 Å². The van der Waals surface area contributed by atoms with Crippen molar-refractivity contribution >= 4 is 17.0 Å². The molecule has 1 aromatic carbocycles. The largest absolute Gasteiger partial charge is 0.378 e.